The van der Waals surface area contributed by atoms with Gasteiger partial charge in [0.05, 0.1) is 5.39 Å². The van der Waals surface area contributed by atoms with Crippen LogP contribution in [0.4, 0.5) is 4.79 Å². The van der Waals surface area contributed by atoms with Crippen LogP contribution in [-0.4, -0.2) is 44.1 Å². The number of aromatic nitrogens is 3. The van der Waals surface area contributed by atoms with Crippen molar-refractivity contribution in [2.45, 2.75) is 0 Å². The third-order valence-electron chi connectivity index (χ3n) is 3.90. The van der Waals surface area contributed by atoms with Crippen molar-refractivity contribution < 1.29 is 9.90 Å². The molecule has 0 bridgehead atoms. The van der Waals surface area contributed by atoms with E-state index in [1.54, 1.807) is 0 Å². The Kier molecular flexibility index (Phi) is 2.80. The fourth-order valence-corrected chi connectivity index (χ4v) is 3.04. The van der Waals surface area contributed by atoms with E-state index >= 15 is 0 Å². The molecule has 0 saturated heterocycles. The summed E-state index contributed by atoms with van der Waals surface area (Å²) in [6.07, 6.45) is 2.45. The van der Waals surface area contributed by atoms with Gasteiger partial charge in [-0.1, -0.05) is 29.8 Å². The molecule has 0 saturated carbocycles. The summed E-state index contributed by atoms with van der Waals surface area (Å²) in [4.78, 5) is 23.8. The first kappa shape index (κ1) is 13.1. The molecule has 110 valence electrons. The van der Waals surface area contributed by atoms with E-state index in [4.69, 9.17) is 16.7 Å². The number of hydrogen-bond acceptors (Lipinski definition) is 3. The van der Waals surface area contributed by atoms with Gasteiger partial charge in [-0.15, -0.1) is 0 Å². The van der Waals surface area contributed by atoms with Gasteiger partial charge in [0.15, 0.2) is 0 Å². The number of fused-ring (bicyclic) bond motifs is 3. The molecular formula is C15H11ClN4O2. The van der Waals surface area contributed by atoms with Crippen LogP contribution in [0.15, 0.2) is 30.6 Å². The third kappa shape index (κ3) is 1.92. The molecule has 0 unspecified atom stereocenters. The highest BCUT2D eigenvalue weighted by Gasteiger charge is 2.20. The second-order valence-corrected chi connectivity index (χ2v) is 5.52. The Bertz CT molecular complexity index is 947. The van der Waals surface area contributed by atoms with Crippen LogP contribution >= 0.6 is 11.6 Å². The van der Waals surface area contributed by atoms with Crippen LogP contribution in [-0.2, 0) is 0 Å². The molecule has 0 aliphatic carbocycles. The molecular weight excluding hydrogens is 304 g/mol. The molecule has 6 nitrogen and oxygen atoms in total. The Morgan fingerprint density at radius 1 is 1.36 bits per heavy atom. The molecule has 0 atom stereocenters. The highest BCUT2D eigenvalue weighted by Crippen LogP contribution is 2.31. The number of aromatic amines is 1. The van der Waals surface area contributed by atoms with Crippen LogP contribution in [0.5, 0.6) is 0 Å². The summed E-state index contributed by atoms with van der Waals surface area (Å²) in [6.45, 7) is 0.828. The molecule has 1 aromatic carbocycles. The number of hydrogen-bond donors (Lipinski definition) is 2. The minimum absolute atomic E-state index is 0.404. The van der Waals surface area contributed by atoms with Gasteiger partial charge in [-0.05, 0) is 17.2 Å². The van der Waals surface area contributed by atoms with E-state index < -0.39 is 6.09 Å². The number of halogens is 1. The van der Waals surface area contributed by atoms with E-state index in [1.807, 2.05) is 24.3 Å². The maximum Gasteiger partial charge on any atom is 0.407 e. The van der Waals surface area contributed by atoms with Crippen molar-refractivity contribution in [3.05, 3.63) is 41.3 Å². The van der Waals surface area contributed by atoms with Crippen molar-refractivity contribution in [3.8, 4) is 0 Å². The van der Waals surface area contributed by atoms with Gasteiger partial charge in [0.2, 0.25) is 0 Å². The number of H-pyrrole nitrogens is 1. The zero-order valence-corrected chi connectivity index (χ0v) is 12.1. The highest BCUT2D eigenvalue weighted by molar-refractivity contribution is 6.36. The minimum atomic E-state index is -0.903. The summed E-state index contributed by atoms with van der Waals surface area (Å²) in [5, 5.41) is 11.2. The van der Waals surface area contributed by atoms with Gasteiger partial charge in [-0.25, -0.2) is 14.8 Å². The lowest BCUT2D eigenvalue weighted by molar-refractivity contribution is 0.158. The lowest BCUT2D eigenvalue weighted by atomic mass is 10.0. The zero-order chi connectivity index (χ0) is 15.3. The summed E-state index contributed by atoms with van der Waals surface area (Å²) in [6, 6.07) is 5.92. The second-order valence-electron chi connectivity index (χ2n) is 5.17. The predicted octanol–water partition coefficient (Wildman–Crippen LogP) is 3.14. The SMILES string of the molecule is O=C(O)N1CC=C(c2ccc3c(c2)[nH]c2ncnc(Cl)c23)C1. The minimum Gasteiger partial charge on any atom is -0.465 e. The van der Waals surface area contributed by atoms with Crippen molar-refractivity contribution in [2.75, 3.05) is 13.1 Å². The van der Waals surface area contributed by atoms with E-state index in [1.165, 1.54) is 11.2 Å². The van der Waals surface area contributed by atoms with Crippen molar-refractivity contribution in [1.29, 1.82) is 0 Å². The molecule has 7 heteroatoms. The molecule has 3 aromatic rings. The molecule has 4 rings (SSSR count). The maximum absolute atomic E-state index is 11.0. The molecule has 1 aliphatic rings. The van der Waals surface area contributed by atoms with Gasteiger partial charge in [-0.2, -0.15) is 0 Å². The van der Waals surface area contributed by atoms with Crippen LogP contribution < -0.4 is 0 Å². The van der Waals surface area contributed by atoms with Gasteiger partial charge in [-0.3, -0.25) is 0 Å². The maximum atomic E-state index is 11.0. The summed E-state index contributed by atoms with van der Waals surface area (Å²) in [5.74, 6) is 0. The largest absolute Gasteiger partial charge is 0.465 e. The number of nitrogens with zero attached hydrogens (tertiary/aromatic N) is 3. The Morgan fingerprint density at radius 3 is 3.00 bits per heavy atom. The quantitative estimate of drug-likeness (QED) is 0.676. The topological polar surface area (TPSA) is 82.1 Å². The Hall–Kier alpha value is -2.60. The smallest absolute Gasteiger partial charge is 0.407 e. The molecule has 1 amide bonds. The van der Waals surface area contributed by atoms with E-state index in [9.17, 15) is 4.79 Å². The number of carbonyl (C=O) groups is 1. The molecule has 3 heterocycles. The van der Waals surface area contributed by atoms with Gasteiger partial charge >= 0.3 is 6.09 Å². The van der Waals surface area contributed by atoms with E-state index in [-0.39, 0.29) is 0 Å². The van der Waals surface area contributed by atoms with Crippen LogP contribution in [0.2, 0.25) is 5.15 Å². The van der Waals surface area contributed by atoms with E-state index in [0.29, 0.717) is 23.9 Å². The summed E-state index contributed by atoms with van der Waals surface area (Å²) in [7, 11) is 0. The van der Waals surface area contributed by atoms with Crippen LogP contribution in [0.25, 0.3) is 27.5 Å². The van der Waals surface area contributed by atoms with Crippen molar-refractivity contribution >= 4 is 45.2 Å². The lowest BCUT2D eigenvalue weighted by Gasteiger charge is -2.11. The molecule has 0 spiro atoms. The molecule has 2 aromatic heterocycles. The first-order valence-electron chi connectivity index (χ1n) is 6.72. The fourth-order valence-electron chi connectivity index (χ4n) is 2.80. The highest BCUT2D eigenvalue weighted by atomic mass is 35.5. The Balaban J connectivity index is 1.81. The monoisotopic (exact) mass is 314 g/mol. The summed E-state index contributed by atoms with van der Waals surface area (Å²) < 4.78 is 0. The zero-order valence-electron chi connectivity index (χ0n) is 11.4. The predicted molar refractivity (Wildman–Crippen MR) is 84.0 cm³/mol. The standard InChI is InChI=1S/C15H11ClN4O2/c16-13-12-10-2-1-8(9-3-4-20(6-9)15(21)22)5-11(10)19-14(12)18-7-17-13/h1-3,5,7H,4,6H2,(H,21,22)(H,17,18,19). The molecule has 1 aliphatic heterocycles. The lowest BCUT2D eigenvalue weighted by Crippen LogP contribution is -2.26. The summed E-state index contributed by atoms with van der Waals surface area (Å²) in [5.41, 5.74) is 3.59. The number of benzene rings is 1. The number of amides is 1. The van der Waals surface area contributed by atoms with Gasteiger partial charge in [0.25, 0.3) is 0 Å². The van der Waals surface area contributed by atoms with Gasteiger partial charge in [0.1, 0.15) is 17.1 Å². The van der Waals surface area contributed by atoms with E-state index in [0.717, 1.165) is 27.4 Å². The van der Waals surface area contributed by atoms with Gasteiger partial charge in [0, 0.05) is 24.0 Å². The Labute approximate surface area is 130 Å². The average molecular weight is 315 g/mol. The van der Waals surface area contributed by atoms with Crippen molar-refractivity contribution in [1.82, 2.24) is 19.9 Å². The van der Waals surface area contributed by atoms with Gasteiger partial charge < -0.3 is 15.0 Å². The number of rotatable bonds is 1. The van der Waals surface area contributed by atoms with Crippen molar-refractivity contribution in [3.63, 3.8) is 0 Å². The van der Waals surface area contributed by atoms with Crippen LogP contribution in [0.3, 0.4) is 0 Å². The molecule has 0 radical (unpaired) electrons. The van der Waals surface area contributed by atoms with E-state index in [2.05, 4.69) is 15.0 Å². The second kappa shape index (κ2) is 4.71. The first-order valence-corrected chi connectivity index (χ1v) is 7.10. The molecule has 0 fully saturated rings. The average Bonchev–Trinajstić information content (AvgIpc) is 3.11. The van der Waals surface area contributed by atoms with Crippen LogP contribution in [0.1, 0.15) is 5.56 Å². The van der Waals surface area contributed by atoms with Crippen LogP contribution in [0, 0.1) is 0 Å². The fraction of sp³-hybridized carbons (Fsp3) is 0.133. The molecule has 2 N–H and O–H groups in total. The number of nitrogens with one attached hydrogen (secondary N) is 1. The molecule has 22 heavy (non-hydrogen) atoms. The first-order chi connectivity index (χ1) is 10.6. The Morgan fingerprint density at radius 2 is 2.23 bits per heavy atom. The number of carboxylic acid groups (broad SMARTS) is 1. The van der Waals surface area contributed by atoms with Crippen molar-refractivity contribution in [2.24, 2.45) is 0 Å². The summed E-state index contributed by atoms with van der Waals surface area (Å²) >= 11 is 6.14. The normalized spacial score (nSPS) is 14.8. The third-order valence-corrected chi connectivity index (χ3v) is 4.19.